The minimum Gasteiger partial charge on any atom is -0.271 e. The lowest BCUT2D eigenvalue weighted by Crippen LogP contribution is -2.27. The predicted octanol–water partition coefficient (Wildman–Crippen LogP) is 3.78. The van der Waals surface area contributed by atoms with E-state index in [1.807, 2.05) is 17.5 Å². The van der Waals surface area contributed by atoms with Gasteiger partial charge in [0.1, 0.15) is 0 Å². The van der Waals surface area contributed by atoms with E-state index < -0.39 is 0 Å². The summed E-state index contributed by atoms with van der Waals surface area (Å²) >= 11 is 12.5. The fraction of sp³-hybridized carbons (Fsp3) is 0.111. The van der Waals surface area contributed by atoms with Crippen LogP contribution in [0.15, 0.2) is 28.1 Å². The highest BCUT2D eigenvalue weighted by molar-refractivity contribution is 9.10. The molecule has 6 heteroatoms. The molecule has 0 aliphatic carbocycles. The first kappa shape index (κ1) is 11.6. The third-order valence-corrected chi connectivity index (χ3v) is 4.97. The lowest BCUT2D eigenvalue weighted by molar-refractivity contribution is 0.656. The molecule has 2 rings (SSSR count). The summed E-state index contributed by atoms with van der Waals surface area (Å²) in [5.74, 6) is 5.56. The van der Waals surface area contributed by atoms with Crippen LogP contribution in [-0.4, -0.2) is 0 Å². The van der Waals surface area contributed by atoms with Crippen LogP contribution in [0.1, 0.15) is 15.8 Å². The molecular weight excluding hydrogens is 316 g/mol. The van der Waals surface area contributed by atoms with Crippen molar-refractivity contribution in [2.75, 3.05) is 0 Å². The zero-order valence-electron chi connectivity index (χ0n) is 7.54. The van der Waals surface area contributed by atoms with Gasteiger partial charge in [-0.15, -0.1) is 22.7 Å². The van der Waals surface area contributed by atoms with Crippen molar-refractivity contribution in [3.8, 4) is 0 Å². The molecule has 2 aromatic heterocycles. The highest BCUT2D eigenvalue weighted by atomic mass is 79.9. The van der Waals surface area contributed by atoms with Gasteiger partial charge in [0.15, 0.2) is 0 Å². The number of hydrogen-bond donors (Lipinski definition) is 2. The fourth-order valence-electron chi connectivity index (χ4n) is 1.27. The summed E-state index contributed by atoms with van der Waals surface area (Å²) in [6.07, 6.45) is 0. The number of nitrogens with two attached hydrogens (primary N) is 1. The van der Waals surface area contributed by atoms with Crippen molar-refractivity contribution >= 4 is 50.2 Å². The van der Waals surface area contributed by atoms with Crippen LogP contribution in [0.25, 0.3) is 0 Å². The van der Waals surface area contributed by atoms with E-state index in [1.54, 1.807) is 11.3 Å². The number of thiophene rings is 2. The Hall–Kier alpha value is 0.0900. The Morgan fingerprint density at radius 1 is 1.40 bits per heavy atom. The lowest BCUT2D eigenvalue weighted by atomic mass is 10.2. The smallest absolute Gasteiger partial charge is 0.0931 e. The van der Waals surface area contributed by atoms with Crippen molar-refractivity contribution in [1.29, 1.82) is 0 Å². The zero-order chi connectivity index (χ0) is 10.8. The molecule has 0 saturated carbocycles. The molecule has 0 aliphatic heterocycles. The highest BCUT2D eigenvalue weighted by Crippen LogP contribution is 2.34. The summed E-state index contributed by atoms with van der Waals surface area (Å²) in [7, 11) is 0. The second-order valence-corrected chi connectivity index (χ2v) is 6.51. The minimum atomic E-state index is 0.0267. The van der Waals surface area contributed by atoms with Gasteiger partial charge in [0.05, 0.1) is 10.4 Å². The molecular formula is C9H8BrClN2S2. The number of halogens is 2. The summed E-state index contributed by atoms with van der Waals surface area (Å²) in [6, 6.07) is 5.96. The maximum absolute atomic E-state index is 5.90. The van der Waals surface area contributed by atoms with Crippen molar-refractivity contribution < 1.29 is 0 Å². The van der Waals surface area contributed by atoms with Gasteiger partial charge in [0, 0.05) is 19.6 Å². The van der Waals surface area contributed by atoms with Gasteiger partial charge in [-0.1, -0.05) is 11.6 Å². The second-order valence-electron chi connectivity index (χ2n) is 2.91. The average molecular weight is 324 g/mol. The zero-order valence-corrected chi connectivity index (χ0v) is 11.5. The number of rotatable bonds is 3. The van der Waals surface area contributed by atoms with Crippen LogP contribution in [0.4, 0.5) is 0 Å². The first-order valence-corrected chi connectivity index (χ1v) is 7.02. The second kappa shape index (κ2) is 4.95. The maximum Gasteiger partial charge on any atom is 0.0931 e. The van der Waals surface area contributed by atoms with Gasteiger partial charge in [-0.3, -0.25) is 5.84 Å². The largest absolute Gasteiger partial charge is 0.271 e. The summed E-state index contributed by atoms with van der Waals surface area (Å²) in [6.45, 7) is 0. The van der Waals surface area contributed by atoms with Gasteiger partial charge in [-0.05, 0) is 34.1 Å². The Labute approximate surface area is 109 Å². The molecule has 0 saturated heterocycles. The molecule has 0 fully saturated rings. The van der Waals surface area contributed by atoms with Crippen molar-refractivity contribution in [1.82, 2.24) is 5.43 Å². The van der Waals surface area contributed by atoms with Gasteiger partial charge in [-0.2, -0.15) is 0 Å². The van der Waals surface area contributed by atoms with Crippen LogP contribution in [0, 0.1) is 0 Å². The summed E-state index contributed by atoms with van der Waals surface area (Å²) in [5.41, 5.74) is 2.80. The molecule has 0 bridgehead atoms. The Morgan fingerprint density at radius 2 is 2.20 bits per heavy atom. The predicted molar refractivity (Wildman–Crippen MR) is 70.5 cm³/mol. The molecule has 0 aromatic carbocycles. The van der Waals surface area contributed by atoms with E-state index in [-0.39, 0.29) is 6.04 Å². The molecule has 0 radical (unpaired) electrons. The monoisotopic (exact) mass is 322 g/mol. The molecule has 2 aromatic rings. The van der Waals surface area contributed by atoms with Crippen LogP contribution in [0.5, 0.6) is 0 Å². The van der Waals surface area contributed by atoms with E-state index in [4.69, 9.17) is 17.4 Å². The normalized spacial score (nSPS) is 13.0. The Morgan fingerprint density at radius 3 is 2.67 bits per heavy atom. The highest BCUT2D eigenvalue weighted by Gasteiger charge is 2.16. The van der Waals surface area contributed by atoms with E-state index in [9.17, 15) is 0 Å². The molecule has 0 amide bonds. The van der Waals surface area contributed by atoms with Crippen molar-refractivity contribution in [3.05, 3.63) is 42.1 Å². The van der Waals surface area contributed by atoms with E-state index in [0.717, 1.165) is 13.7 Å². The van der Waals surface area contributed by atoms with Gasteiger partial charge >= 0.3 is 0 Å². The lowest BCUT2D eigenvalue weighted by Gasteiger charge is -2.11. The standard InChI is InChI=1S/C9H8BrClN2S2/c10-5-3-7(14-4-5)9(13-12)6-1-2-8(11)15-6/h1-4,9,13H,12H2. The Kier molecular flexibility index (Phi) is 3.82. The summed E-state index contributed by atoms with van der Waals surface area (Å²) in [5, 5.41) is 2.04. The third kappa shape index (κ3) is 2.61. The molecule has 2 nitrogen and oxygen atoms in total. The molecule has 2 heterocycles. The quantitative estimate of drug-likeness (QED) is 0.666. The third-order valence-electron chi connectivity index (χ3n) is 1.92. The number of hydrogen-bond acceptors (Lipinski definition) is 4. The Bertz CT molecular complexity index is 414. The first-order valence-electron chi connectivity index (χ1n) is 4.16. The SMILES string of the molecule is NNC(c1cc(Br)cs1)c1ccc(Cl)s1. The van der Waals surface area contributed by atoms with Gasteiger partial charge < -0.3 is 0 Å². The van der Waals surface area contributed by atoms with Crippen molar-refractivity contribution in [3.63, 3.8) is 0 Å². The maximum atomic E-state index is 5.90. The van der Waals surface area contributed by atoms with Crippen molar-refractivity contribution in [2.24, 2.45) is 5.84 Å². The van der Waals surface area contributed by atoms with Crippen LogP contribution in [0.3, 0.4) is 0 Å². The van der Waals surface area contributed by atoms with Crippen molar-refractivity contribution in [2.45, 2.75) is 6.04 Å². The van der Waals surface area contributed by atoms with Gasteiger partial charge in [0.25, 0.3) is 0 Å². The topological polar surface area (TPSA) is 38.0 Å². The fourth-order valence-corrected chi connectivity index (χ4v) is 4.00. The van der Waals surface area contributed by atoms with Crippen LogP contribution in [0.2, 0.25) is 4.34 Å². The minimum absolute atomic E-state index is 0.0267. The molecule has 0 spiro atoms. The van der Waals surface area contributed by atoms with Crippen LogP contribution >= 0.6 is 50.2 Å². The van der Waals surface area contributed by atoms with Crippen LogP contribution in [-0.2, 0) is 0 Å². The molecule has 3 N–H and O–H groups in total. The molecule has 1 atom stereocenters. The molecule has 15 heavy (non-hydrogen) atoms. The summed E-state index contributed by atoms with van der Waals surface area (Å²) in [4.78, 5) is 2.29. The van der Waals surface area contributed by atoms with E-state index in [0.29, 0.717) is 0 Å². The Balaban J connectivity index is 2.32. The van der Waals surface area contributed by atoms with E-state index in [1.165, 1.54) is 16.2 Å². The average Bonchev–Trinajstić information content (AvgIpc) is 2.78. The molecule has 80 valence electrons. The number of nitrogens with one attached hydrogen (secondary N) is 1. The van der Waals surface area contributed by atoms with Crippen LogP contribution < -0.4 is 11.3 Å². The first-order chi connectivity index (χ1) is 7.20. The number of hydrazine groups is 1. The molecule has 0 aliphatic rings. The molecule has 1 unspecified atom stereocenters. The van der Waals surface area contributed by atoms with Gasteiger partial charge in [-0.25, -0.2) is 5.43 Å². The van der Waals surface area contributed by atoms with E-state index >= 15 is 0 Å². The van der Waals surface area contributed by atoms with E-state index in [2.05, 4.69) is 27.4 Å². The summed E-state index contributed by atoms with van der Waals surface area (Å²) < 4.78 is 1.85. The van der Waals surface area contributed by atoms with Gasteiger partial charge in [0.2, 0.25) is 0 Å².